The number of aromatic nitrogens is 1. The Bertz CT molecular complexity index is 774. The summed E-state index contributed by atoms with van der Waals surface area (Å²) in [6.07, 6.45) is 0. The van der Waals surface area contributed by atoms with E-state index in [-0.39, 0.29) is 6.04 Å². The van der Waals surface area contributed by atoms with Gasteiger partial charge in [0.2, 0.25) is 0 Å². The third-order valence-electron chi connectivity index (χ3n) is 2.82. The highest BCUT2D eigenvalue weighted by molar-refractivity contribution is 7.16. The fourth-order valence-corrected chi connectivity index (χ4v) is 2.99. The molecule has 0 spiro atoms. The van der Waals surface area contributed by atoms with Gasteiger partial charge in [-0.3, -0.25) is 4.98 Å². The second-order valence-corrected chi connectivity index (χ2v) is 5.98. The quantitative estimate of drug-likeness (QED) is 0.767. The average Bonchev–Trinajstić information content (AvgIpc) is 2.93. The maximum absolute atomic E-state index is 11.1. The molecule has 2 N–H and O–H groups in total. The van der Waals surface area contributed by atoms with E-state index in [2.05, 4.69) is 17.2 Å². The van der Waals surface area contributed by atoms with Crippen molar-refractivity contribution in [1.82, 2.24) is 4.98 Å². The molecule has 4 nitrogen and oxygen atoms in total. The summed E-state index contributed by atoms with van der Waals surface area (Å²) < 4.78 is 5.74. The zero-order valence-electron chi connectivity index (χ0n) is 10.1. The number of fused-ring (bicyclic) bond motifs is 1. The van der Waals surface area contributed by atoms with Crippen LogP contribution in [0.2, 0.25) is 4.34 Å². The number of H-pyrrole nitrogens is 1. The van der Waals surface area contributed by atoms with Crippen LogP contribution < -0.4 is 11.1 Å². The van der Waals surface area contributed by atoms with E-state index in [0.29, 0.717) is 11.1 Å². The molecule has 1 atom stereocenters. The fraction of sp³-hybridized carbons (Fsp3) is 0.154. The Morgan fingerprint density at radius 3 is 2.95 bits per heavy atom. The van der Waals surface area contributed by atoms with Crippen LogP contribution in [0.5, 0.6) is 0 Å². The van der Waals surface area contributed by atoms with Crippen LogP contribution in [0.15, 0.2) is 39.5 Å². The van der Waals surface area contributed by atoms with Crippen molar-refractivity contribution in [2.75, 3.05) is 5.32 Å². The summed E-state index contributed by atoms with van der Waals surface area (Å²) >= 11 is 7.48. The standard InChI is InChI=1S/C13H11ClN2O2S/c1-7(11-4-5-12(14)19-11)15-8-2-3-10-9(6-8)16-13(17)18-10/h2-7,15H,1H3,(H,16,17). The first-order valence-corrected chi connectivity index (χ1v) is 6.96. The summed E-state index contributed by atoms with van der Waals surface area (Å²) in [5, 5.41) is 3.36. The van der Waals surface area contributed by atoms with Crippen LogP contribution in [-0.4, -0.2) is 4.98 Å². The number of benzene rings is 1. The molecule has 0 saturated heterocycles. The minimum absolute atomic E-state index is 0.147. The molecule has 2 heterocycles. The van der Waals surface area contributed by atoms with Gasteiger partial charge in [0.05, 0.1) is 15.9 Å². The van der Waals surface area contributed by atoms with Crippen molar-refractivity contribution in [1.29, 1.82) is 0 Å². The molecule has 0 radical (unpaired) electrons. The van der Waals surface area contributed by atoms with Crippen molar-refractivity contribution in [3.05, 3.63) is 50.1 Å². The third kappa shape index (κ3) is 2.52. The van der Waals surface area contributed by atoms with E-state index in [9.17, 15) is 4.79 Å². The SMILES string of the molecule is CC(Nc1ccc2oc(=O)[nH]c2c1)c1ccc(Cl)s1. The maximum Gasteiger partial charge on any atom is 0.417 e. The third-order valence-corrected chi connectivity index (χ3v) is 4.24. The van der Waals surface area contributed by atoms with Crippen LogP contribution in [0.3, 0.4) is 0 Å². The predicted octanol–water partition coefficient (Wildman–Crippen LogP) is 4.01. The first-order valence-electron chi connectivity index (χ1n) is 5.76. The van der Waals surface area contributed by atoms with Crippen molar-refractivity contribution in [2.45, 2.75) is 13.0 Å². The number of thiophene rings is 1. The number of oxazole rings is 1. The lowest BCUT2D eigenvalue weighted by Gasteiger charge is -2.13. The van der Waals surface area contributed by atoms with Crippen molar-refractivity contribution in [3.8, 4) is 0 Å². The monoisotopic (exact) mass is 294 g/mol. The van der Waals surface area contributed by atoms with Crippen LogP contribution in [0.1, 0.15) is 17.8 Å². The molecule has 0 saturated carbocycles. The van der Waals surface area contributed by atoms with Gasteiger partial charge in [-0.1, -0.05) is 11.6 Å². The van der Waals surface area contributed by atoms with Gasteiger partial charge in [-0.15, -0.1) is 11.3 Å². The van der Waals surface area contributed by atoms with Gasteiger partial charge >= 0.3 is 5.76 Å². The Morgan fingerprint density at radius 1 is 1.37 bits per heavy atom. The van der Waals surface area contributed by atoms with Gasteiger partial charge in [0.15, 0.2) is 5.58 Å². The molecule has 3 rings (SSSR count). The largest absolute Gasteiger partial charge is 0.417 e. The van der Waals surface area contributed by atoms with E-state index in [1.807, 2.05) is 24.3 Å². The highest BCUT2D eigenvalue weighted by Gasteiger charge is 2.09. The zero-order chi connectivity index (χ0) is 13.4. The number of halogens is 1. The first kappa shape index (κ1) is 12.3. The maximum atomic E-state index is 11.1. The summed E-state index contributed by atoms with van der Waals surface area (Å²) in [4.78, 5) is 14.9. The topological polar surface area (TPSA) is 58.0 Å². The van der Waals surface area contributed by atoms with Crippen LogP contribution in [0, 0.1) is 0 Å². The van der Waals surface area contributed by atoms with Crippen molar-refractivity contribution in [3.63, 3.8) is 0 Å². The van der Waals surface area contributed by atoms with Gasteiger partial charge < -0.3 is 9.73 Å². The van der Waals surface area contributed by atoms with Gasteiger partial charge in [-0.2, -0.15) is 0 Å². The normalized spacial score (nSPS) is 12.7. The molecular weight excluding hydrogens is 284 g/mol. The summed E-state index contributed by atoms with van der Waals surface area (Å²) in [6.45, 7) is 2.06. The van der Waals surface area contributed by atoms with E-state index >= 15 is 0 Å². The van der Waals surface area contributed by atoms with Gasteiger partial charge in [0.1, 0.15) is 0 Å². The Hall–Kier alpha value is -1.72. The van der Waals surface area contributed by atoms with Gasteiger partial charge in [0, 0.05) is 10.6 Å². The van der Waals surface area contributed by atoms with Crippen molar-refractivity contribution < 1.29 is 4.42 Å². The lowest BCUT2D eigenvalue weighted by atomic mass is 10.2. The summed E-state index contributed by atoms with van der Waals surface area (Å²) in [5.74, 6) is -0.440. The summed E-state index contributed by atoms with van der Waals surface area (Å²) in [5.41, 5.74) is 2.16. The van der Waals surface area contributed by atoms with Crippen LogP contribution in [-0.2, 0) is 0 Å². The van der Waals surface area contributed by atoms with Crippen LogP contribution in [0.25, 0.3) is 11.1 Å². The molecule has 2 aromatic heterocycles. The molecule has 0 amide bonds. The molecule has 98 valence electrons. The Labute approximate surface area is 118 Å². The fourth-order valence-electron chi connectivity index (χ4n) is 1.92. The minimum atomic E-state index is -0.440. The van der Waals surface area contributed by atoms with E-state index in [1.165, 1.54) is 0 Å². The molecular formula is C13H11ClN2O2S. The van der Waals surface area contributed by atoms with Crippen molar-refractivity contribution >= 4 is 39.7 Å². The average molecular weight is 295 g/mol. The Balaban J connectivity index is 1.86. The van der Waals surface area contributed by atoms with E-state index in [1.54, 1.807) is 17.4 Å². The number of anilines is 1. The second-order valence-electron chi connectivity index (χ2n) is 4.23. The smallest absolute Gasteiger partial charge is 0.408 e. The molecule has 0 aliphatic rings. The first-order chi connectivity index (χ1) is 9.11. The predicted molar refractivity (Wildman–Crippen MR) is 78.2 cm³/mol. The highest BCUT2D eigenvalue weighted by atomic mass is 35.5. The highest BCUT2D eigenvalue weighted by Crippen LogP contribution is 2.29. The Kier molecular flexibility index (Phi) is 3.08. The van der Waals surface area contributed by atoms with E-state index in [0.717, 1.165) is 14.9 Å². The minimum Gasteiger partial charge on any atom is -0.408 e. The zero-order valence-corrected chi connectivity index (χ0v) is 11.6. The lowest BCUT2D eigenvalue weighted by Crippen LogP contribution is -2.04. The van der Waals surface area contributed by atoms with Crippen molar-refractivity contribution in [2.24, 2.45) is 0 Å². The lowest BCUT2D eigenvalue weighted by molar-refractivity contribution is 0.555. The molecule has 0 aliphatic heterocycles. The van der Waals surface area contributed by atoms with E-state index < -0.39 is 5.76 Å². The van der Waals surface area contributed by atoms with Crippen LogP contribution >= 0.6 is 22.9 Å². The summed E-state index contributed by atoms with van der Waals surface area (Å²) in [6, 6.07) is 9.54. The number of aromatic amines is 1. The molecule has 19 heavy (non-hydrogen) atoms. The molecule has 0 aliphatic carbocycles. The van der Waals surface area contributed by atoms with Crippen LogP contribution in [0.4, 0.5) is 5.69 Å². The van der Waals surface area contributed by atoms with Gasteiger partial charge in [-0.25, -0.2) is 4.79 Å². The molecule has 3 aromatic rings. The Morgan fingerprint density at radius 2 is 2.21 bits per heavy atom. The van der Waals surface area contributed by atoms with E-state index in [4.69, 9.17) is 16.0 Å². The van der Waals surface area contributed by atoms with Gasteiger partial charge in [-0.05, 0) is 37.3 Å². The number of nitrogens with one attached hydrogen (secondary N) is 2. The molecule has 1 aromatic carbocycles. The number of rotatable bonds is 3. The second kappa shape index (κ2) is 4.75. The number of hydrogen-bond donors (Lipinski definition) is 2. The summed E-state index contributed by atoms with van der Waals surface area (Å²) in [7, 11) is 0. The van der Waals surface area contributed by atoms with Gasteiger partial charge in [0.25, 0.3) is 0 Å². The molecule has 0 fully saturated rings. The molecule has 0 bridgehead atoms. The molecule has 1 unspecified atom stereocenters. The molecule has 6 heteroatoms. The number of hydrogen-bond acceptors (Lipinski definition) is 4.